The molecule has 0 fully saturated rings. The van der Waals surface area contributed by atoms with Gasteiger partial charge in [0.1, 0.15) is 0 Å². The Morgan fingerprint density at radius 1 is 1.14 bits per heavy atom. The summed E-state index contributed by atoms with van der Waals surface area (Å²) in [4.78, 5) is 15.8. The maximum absolute atomic E-state index is 11.3. The van der Waals surface area contributed by atoms with Crippen molar-refractivity contribution in [3.05, 3.63) is 64.3 Å². The van der Waals surface area contributed by atoms with E-state index in [1.807, 2.05) is 38.1 Å². The van der Waals surface area contributed by atoms with Crippen LogP contribution in [-0.4, -0.2) is 16.1 Å². The Morgan fingerprint density at radius 2 is 1.86 bits per heavy atom. The molecule has 0 bridgehead atoms. The van der Waals surface area contributed by atoms with Gasteiger partial charge in [0.05, 0.1) is 11.1 Å². The zero-order valence-electron chi connectivity index (χ0n) is 12.2. The zero-order valence-corrected chi connectivity index (χ0v) is 13.0. The quantitative estimate of drug-likeness (QED) is 0.734. The SMILES string of the molecule is Cc1nc2ccc(C(=O)O)cc2c(-c2ccccc2Cl)c1C. The fourth-order valence-corrected chi connectivity index (χ4v) is 2.86. The van der Waals surface area contributed by atoms with Gasteiger partial charge in [0.25, 0.3) is 0 Å². The van der Waals surface area contributed by atoms with Crippen molar-refractivity contribution in [2.24, 2.45) is 0 Å². The number of rotatable bonds is 2. The first-order valence-corrected chi connectivity index (χ1v) is 7.26. The molecule has 0 radical (unpaired) electrons. The van der Waals surface area contributed by atoms with Gasteiger partial charge < -0.3 is 5.11 Å². The van der Waals surface area contributed by atoms with Gasteiger partial charge in [0.15, 0.2) is 0 Å². The van der Waals surface area contributed by atoms with Crippen LogP contribution in [0.5, 0.6) is 0 Å². The van der Waals surface area contributed by atoms with Gasteiger partial charge in [-0.15, -0.1) is 0 Å². The summed E-state index contributed by atoms with van der Waals surface area (Å²) in [7, 11) is 0. The van der Waals surface area contributed by atoms with Gasteiger partial charge >= 0.3 is 5.97 Å². The van der Waals surface area contributed by atoms with Crippen LogP contribution in [0.4, 0.5) is 0 Å². The highest BCUT2D eigenvalue weighted by Crippen LogP contribution is 2.36. The lowest BCUT2D eigenvalue weighted by atomic mass is 9.94. The first-order valence-electron chi connectivity index (χ1n) is 6.88. The van der Waals surface area contributed by atoms with Crippen molar-refractivity contribution in [2.75, 3.05) is 0 Å². The molecule has 0 saturated carbocycles. The number of hydrogen-bond acceptors (Lipinski definition) is 2. The summed E-state index contributed by atoms with van der Waals surface area (Å²) in [5.41, 5.74) is 4.75. The van der Waals surface area contributed by atoms with Crippen molar-refractivity contribution in [2.45, 2.75) is 13.8 Å². The van der Waals surface area contributed by atoms with Crippen LogP contribution < -0.4 is 0 Å². The molecule has 0 unspecified atom stereocenters. The number of aromatic carboxylic acids is 1. The number of halogens is 1. The highest BCUT2D eigenvalue weighted by atomic mass is 35.5. The molecule has 3 aromatic rings. The first kappa shape index (κ1) is 14.5. The highest BCUT2D eigenvalue weighted by molar-refractivity contribution is 6.33. The van der Waals surface area contributed by atoms with Crippen molar-refractivity contribution in [1.82, 2.24) is 4.98 Å². The number of aromatic nitrogens is 1. The van der Waals surface area contributed by atoms with Crippen molar-refractivity contribution in [3.8, 4) is 11.1 Å². The summed E-state index contributed by atoms with van der Waals surface area (Å²) >= 11 is 6.35. The van der Waals surface area contributed by atoms with Crippen LogP contribution in [-0.2, 0) is 0 Å². The summed E-state index contributed by atoms with van der Waals surface area (Å²) in [6, 6.07) is 12.5. The molecule has 3 nitrogen and oxygen atoms in total. The monoisotopic (exact) mass is 311 g/mol. The molecule has 22 heavy (non-hydrogen) atoms. The number of carboxylic acids is 1. The smallest absolute Gasteiger partial charge is 0.335 e. The second-order valence-corrected chi connectivity index (χ2v) is 5.62. The molecule has 2 aromatic carbocycles. The van der Waals surface area contributed by atoms with Crippen LogP contribution in [0, 0.1) is 13.8 Å². The lowest BCUT2D eigenvalue weighted by Gasteiger charge is -2.14. The van der Waals surface area contributed by atoms with Crippen LogP contribution in [0.15, 0.2) is 42.5 Å². The van der Waals surface area contributed by atoms with E-state index in [1.165, 1.54) is 0 Å². The number of hydrogen-bond donors (Lipinski definition) is 1. The Labute approximate surface area is 133 Å². The van der Waals surface area contributed by atoms with Crippen LogP contribution in [0.1, 0.15) is 21.6 Å². The van der Waals surface area contributed by atoms with Crippen molar-refractivity contribution in [1.29, 1.82) is 0 Å². The van der Waals surface area contributed by atoms with E-state index >= 15 is 0 Å². The summed E-state index contributed by atoms with van der Waals surface area (Å²) in [5, 5.41) is 10.7. The molecule has 0 aliphatic heterocycles. The van der Waals surface area contributed by atoms with Crippen LogP contribution in [0.3, 0.4) is 0 Å². The van der Waals surface area contributed by atoms with Gasteiger partial charge in [-0.25, -0.2) is 4.79 Å². The summed E-state index contributed by atoms with van der Waals surface area (Å²) < 4.78 is 0. The predicted octanol–water partition coefficient (Wildman–Crippen LogP) is 4.87. The number of fused-ring (bicyclic) bond motifs is 1. The van der Waals surface area contributed by atoms with E-state index in [2.05, 4.69) is 4.98 Å². The minimum Gasteiger partial charge on any atom is -0.478 e. The van der Waals surface area contributed by atoms with Gasteiger partial charge in [-0.05, 0) is 49.2 Å². The lowest BCUT2D eigenvalue weighted by Crippen LogP contribution is -1.99. The van der Waals surface area contributed by atoms with E-state index < -0.39 is 5.97 Å². The van der Waals surface area contributed by atoms with Crippen LogP contribution >= 0.6 is 11.6 Å². The van der Waals surface area contributed by atoms with Crippen LogP contribution in [0.25, 0.3) is 22.0 Å². The molecule has 0 amide bonds. The first-order chi connectivity index (χ1) is 10.5. The zero-order chi connectivity index (χ0) is 15.9. The molecular formula is C18H14ClNO2. The number of aryl methyl sites for hydroxylation is 1. The summed E-state index contributed by atoms with van der Waals surface area (Å²) in [5.74, 6) is -0.953. The van der Waals surface area contributed by atoms with Crippen molar-refractivity contribution in [3.63, 3.8) is 0 Å². The molecule has 1 N–H and O–H groups in total. The molecule has 0 atom stereocenters. The van der Waals surface area contributed by atoms with Gasteiger partial charge in [-0.3, -0.25) is 4.98 Å². The number of carbonyl (C=O) groups is 1. The second kappa shape index (κ2) is 5.43. The molecule has 4 heteroatoms. The third-order valence-corrected chi connectivity index (χ3v) is 4.19. The Bertz CT molecular complexity index is 903. The number of pyridine rings is 1. The average Bonchev–Trinajstić information content (AvgIpc) is 2.49. The van der Waals surface area contributed by atoms with E-state index in [9.17, 15) is 9.90 Å². The molecule has 0 spiro atoms. The Morgan fingerprint density at radius 3 is 2.55 bits per heavy atom. The fraction of sp³-hybridized carbons (Fsp3) is 0.111. The highest BCUT2D eigenvalue weighted by Gasteiger charge is 2.15. The van der Waals surface area contributed by atoms with E-state index in [0.717, 1.165) is 33.3 Å². The molecule has 0 aliphatic rings. The Hall–Kier alpha value is -2.39. The summed E-state index contributed by atoms with van der Waals surface area (Å²) in [6.07, 6.45) is 0. The second-order valence-electron chi connectivity index (χ2n) is 5.21. The molecule has 1 aromatic heterocycles. The third kappa shape index (κ3) is 2.34. The van der Waals surface area contributed by atoms with Gasteiger partial charge in [0, 0.05) is 21.7 Å². The van der Waals surface area contributed by atoms with E-state index in [-0.39, 0.29) is 5.56 Å². The predicted molar refractivity (Wildman–Crippen MR) is 88.6 cm³/mol. The number of carboxylic acid groups (broad SMARTS) is 1. The fourth-order valence-electron chi connectivity index (χ4n) is 2.63. The van der Waals surface area contributed by atoms with Gasteiger partial charge in [0.2, 0.25) is 0 Å². The number of nitrogens with zero attached hydrogens (tertiary/aromatic N) is 1. The average molecular weight is 312 g/mol. The van der Waals surface area contributed by atoms with Gasteiger partial charge in [-0.1, -0.05) is 29.8 Å². The third-order valence-electron chi connectivity index (χ3n) is 3.86. The van der Waals surface area contributed by atoms with Gasteiger partial charge in [-0.2, -0.15) is 0 Å². The van der Waals surface area contributed by atoms with E-state index in [0.29, 0.717) is 5.02 Å². The van der Waals surface area contributed by atoms with Crippen LogP contribution in [0.2, 0.25) is 5.02 Å². The van der Waals surface area contributed by atoms with E-state index in [1.54, 1.807) is 18.2 Å². The van der Waals surface area contributed by atoms with E-state index in [4.69, 9.17) is 11.6 Å². The van der Waals surface area contributed by atoms with Crippen molar-refractivity contribution < 1.29 is 9.90 Å². The van der Waals surface area contributed by atoms with Crippen molar-refractivity contribution >= 4 is 28.5 Å². The Balaban J connectivity index is 2.45. The molecule has 0 saturated heterocycles. The number of benzene rings is 2. The molecule has 0 aliphatic carbocycles. The topological polar surface area (TPSA) is 50.2 Å². The minimum atomic E-state index is -0.953. The largest absolute Gasteiger partial charge is 0.478 e. The summed E-state index contributed by atoms with van der Waals surface area (Å²) in [6.45, 7) is 3.92. The molecule has 1 heterocycles. The lowest BCUT2D eigenvalue weighted by molar-refractivity contribution is 0.0697. The Kier molecular flexibility index (Phi) is 3.59. The standard InChI is InChI=1S/C18H14ClNO2/c1-10-11(2)20-16-8-7-12(18(21)22)9-14(16)17(10)13-5-3-4-6-15(13)19/h3-9H,1-2H3,(H,21,22). The molecule has 3 rings (SSSR count). The molecular weight excluding hydrogens is 298 g/mol. The normalized spacial score (nSPS) is 10.9. The maximum Gasteiger partial charge on any atom is 0.335 e. The minimum absolute atomic E-state index is 0.242. The maximum atomic E-state index is 11.3. The molecule has 110 valence electrons.